The van der Waals surface area contributed by atoms with Gasteiger partial charge in [-0.2, -0.15) is 0 Å². The summed E-state index contributed by atoms with van der Waals surface area (Å²) in [5.74, 6) is 6.24. The van der Waals surface area contributed by atoms with Crippen molar-refractivity contribution in [2.24, 2.45) is 11.8 Å². The molecule has 0 radical (unpaired) electrons. The van der Waals surface area contributed by atoms with Gasteiger partial charge in [0.15, 0.2) is 0 Å². The van der Waals surface area contributed by atoms with E-state index in [0.717, 1.165) is 38.2 Å². The lowest BCUT2D eigenvalue weighted by Crippen LogP contribution is -2.41. The number of nitrogens with one attached hydrogen (secondary N) is 2. The van der Waals surface area contributed by atoms with Crippen molar-refractivity contribution >= 4 is 11.7 Å². The zero-order valence-electron chi connectivity index (χ0n) is 11.2. The fourth-order valence-electron chi connectivity index (χ4n) is 2.49. The average molecular weight is 263 g/mol. The fourth-order valence-corrected chi connectivity index (χ4v) is 2.49. The summed E-state index contributed by atoms with van der Waals surface area (Å²) in [5, 5.41) is 2.73. The normalized spacial score (nSPS) is 20.0. The summed E-state index contributed by atoms with van der Waals surface area (Å²) in [7, 11) is 1.69. The molecule has 6 heteroatoms. The van der Waals surface area contributed by atoms with Crippen molar-refractivity contribution in [2.45, 2.75) is 19.4 Å². The smallest absolute Gasteiger partial charge is 0.224 e. The monoisotopic (exact) mass is 263 g/mol. The molecule has 6 nitrogen and oxygen atoms in total. The van der Waals surface area contributed by atoms with Crippen LogP contribution in [-0.4, -0.2) is 35.9 Å². The number of carbonyl (C=O) groups excluding carboxylic acids is 1. The number of nitrogens with two attached hydrogens (primary N) is 1. The molecule has 1 unspecified atom stereocenters. The molecule has 1 aliphatic heterocycles. The molecule has 1 aromatic heterocycles. The maximum Gasteiger partial charge on any atom is 0.224 e. The lowest BCUT2D eigenvalue weighted by molar-refractivity contribution is -0.126. The van der Waals surface area contributed by atoms with Crippen molar-refractivity contribution < 1.29 is 4.79 Å². The first kappa shape index (κ1) is 13.8. The van der Waals surface area contributed by atoms with E-state index in [9.17, 15) is 4.79 Å². The number of carbonyl (C=O) groups is 1. The van der Waals surface area contributed by atoms with Gasteiger partial charge in [0.05, 0.1) is 11.6 Å². The molecule has 2 rings (SSSR count). The molecule has 0 aromatic carbocycles. The number of hydrogen-bond acceptors (Lipinski definition) is 5. The van der Waals surface area contributed by atoms with Crippen molar-refractivity contribution in [2.75, 3.05) is 25.6 Å². The van der Waals surface area contributed by atoms with Crippen LogP contribution < -0.4 is 16.6 Å². The Kier molecular flexibility index (Phi) is 4.70. The summed E-state index contributed by atoms with van der Waals surface area (Å²) in [4.78, 5) is 18.4. The van der Waals surface area contributed by atoms with Crippen molar-refractivity contribution in [3.8, 4) is 0 Å². The molecular weight excluding hydrogens is 242 g/mol. The highest BCUT2D eigenvalue weighted by Crippen LogP contribution is 2.18. The minimum Gasteiger partial charge on any atom is -0.359 e. The number of nitrogen functional groups attached to an aromatic ring is 1. The Morgan fingerprint density at radius 1 is 1.58 bits per heavy atom. The molecule has 0 aliphatic carbocycles. The van der Waals surface area contributed by atoms with Gasteiger partial charge in [-0.05, 0) is 31.5 Å². The van der Waals surface area contributed by atoms with E-state index in [0.29, 0.717) is 5.82 Å². The van der Waals surface area contributed by atoms with Crippen LogP contribution >= 0.6 is 0 Å². The van der Waals surface area contributed by atoms with Gasteiger partial charge in [0, 0.05) is 20.1 Å². The standard InChI is InChI=1S/C13H21N5O/c1-15-13(19)10-4-3-7-18(8-10)9-11-5-2-6-12(16-11)17-14/h2,5-6,10H,3-4,7-9,14H2,1H3,(H,15,19)(H,16,17). The highest BCUT2D eigenvalue weighted by atomic mass is 16.1. The van der Waals surface area contributed by atoms with Gasteiger partial charge < -0.3 is 10.7 Å². The maximum atomic E-state index is 11.7. The number of amides is 1. The van der Waals surface area contributed by atoms with Gasteiger partial charge in [0.25, 0.3) is 0 Å². The summed E-state index contributed by atoms with van der Waals surface area (Å²) in [6.07, 6.45) is 2.01. The highest BCUT2D eigenvalue weighted by Gasteiger charge is 2.25. The summed E-state index contributed by atoms with van der Waals surface area (Å²) in [6, 6.07) is 5.73. The number of hydrazine groups is 1. The maximum absolute atomic E-state index is 11.7. The number of piperidine rings is 1. The number of anilines is 1. The molecule has 0 spiro atoms. The molecule has 0 saturated carbocycles. The number of nitrogens with zero attached hydrogens (tertiary/aromatic N) is 2. The van der Waals surface area contributed by atoms with Crippen LogP contribution in [0.2, 0.25) is 0 Å². The summed E-state index contributed by atoms with van der Waals surface area (Å²) in [5.41, 5.74) is 3.51. The van der Waals surface area contributed by atoms with Gasteiger partial charge in [-0.1, -0.05) is 6.07 Å². The van der Waals surface area contributed by atoms with E-state index in [2.05, 4.69) is 20.6 Å². The topological polar surface area (TPSA) is 83.3 Å². The number of hydrogen-bond donors (Lipinski definition) is 3. The Morgan fingerprint density at radius 2 is 2.42 bits per heavy atom. The third-order valence-corrected chi connectivity index (χ3v) is 3.46. The van der Waals surface area contributed by atoms with E-state index in [-0.39, 0.29) is 11.8 Å². The van der Waals surface area contributed by atoms with E-state index in [1.54, 1.807) is 7.05 Å². The average Bonchev–Trinajstić information content (AvgIpc) is 2.47. The van der Waals surface area contributed by atoms with Crippen LogP contribution in [0, 0.1) is 5.92 Å². The highest BCUT2D eigenvalue weighted by molar-refractivity contribution is 5.78. The quantitative estimate of drug-likeness (QED) is 0.538. The van der Waals surface area contributed by atoms with E-state index >= 15 is 0 Å². The lowest BCUT2D eigenvalue weighted by Gasteiger charge is -2.31. The molecule has 1 fully saturated rings. The van der Waals surface area contributed by atoms with E-state index < -0.39 is 0 Å². The Morgan fingerprint density at radius 3 is 3.16 bits per heavy atom. The van der Waals surface area contributed by atoms with Gasteiger partial charge in [-0.25, -0.2) is 10.8 Å². The number of pyridine rings is 1. The van der Waals surface area contributed by atoms with Crippen molar-refractivity contribution in [1.29, 1.82) is 0 Å². The summed E-state index contributed by atoms with van der Waals surface area (Å²) in [6.45, 7) is 2.56. The van der Waals surface area contributed by atoms with Crippen LogP contribution in [0.15, 0.2) is 18.2 Å². The predicted molar refractivity (Wildman–Crippen MR) is 74.1 cm³/mol. The molecule has 1 saturated heterocycles. The number of rotatable bonds is 4. The molecule has 0 bridgehead atoms. The molecule has 2 heterocycles. The van der Waals surface area contributed by atoms with Crippen molar-refractivity contribution in [3.05, 3.63) is 23.9 Å². The fraction of sp³-hybridized carbons (Fsp3) is 0.538. The Bertz CT molecular complexity index is 437. The van der Waals surface area contributed by atoms with E-state index in [1.807, 2.05) is 18.2 Å². The first-order chi connectivity index (χ1) is 9.22. The first-order valence-electron chi connectivity index (χ1n) is 6.59. The molecular formula is C13H21N5O. The Labute approximate surface area is 113 Å². The second-order valence-electron chi connectivity index (χ2n) is 4.85. The largest absolute Gasteiger partial charge is 0.359 e. The van der Waals surface area contributed by atoms with Gasteiger partial charge in [0.1, 0.15) is 5.82 Å². The van der Waals surface area contributed by atoms with Crippen molar-refractivity contribution in [3.63, 3.8) is 0 Å². The molecule has 104 valence electrons. The van der Waals surface area contributed by atoms with Gasteiger partial charge in [0.2, 0.25) is 5.91 Å². The third-order valence-electron chi connectivity index (χ3n) is 3.46. The molecule has 1 amide bonds. The van der Waals surface area contributed by atoms with Crippen LogP contribution in [0.3, 0.4) is 0 Å². The van der Waals surface area contributed by atoms with Crippen LogP contribution in [0.4, 0.5) is 5.82 Å². The number of likely N-dealkylation sites (tertiary alicyclic amines) is 1. The van der Waals surface area contributed by atoms with Crippen LogP contribution in [-0.2, 0) is 11.3 Å². The van der Waals surface area contributed by atoms with Crippen LogP contribution in [0.1, 0.15) is 18.5 Å². The van der Waals surface area contributed by atoms with Crippen LogP contribution in [0.25, 0.3) is 0 Å². The molecule has 1 aromatic rings. The lowest BCUT2D eigenvalue weighted by atomic mass is 9.97. The third kappa shape index (κ3) is 3.65. The molecule has 1 atom stereocenters. The van der Waals surface area contributed by atoms with Gasteiger partial charge in [-0.3, -0.25) is 9.69 Å². The second-order valence-corrected chi connectivity index (χ2v) is 4.85. The van der Waals surface area contributed by atoms with E-state index in [1.165, 1.54) is 0 Å². The minimum absolute atomic E-state index is 0.0922. The second kappa shape index (κ2) is 6.49. The van der Waals surface area contributed by atoms with Crippen molar-refractivity contribution in [1.82, 2.24) is 15.2 Å². The predicted octanol–water partition coefficient (Wildman–Crippen LogP) is 0.325. The Balaban J connectivity index is 1.96. The van der Waals surface area contributed by atoms with Gasteiger partial charge in [-0.15, -0.1) is 0 Å². The SMILES string of the molecule is CNC(=O)C1CCCN(Cc2cccc(NN)n2)C1. The van der Waals surface area contributed by atoms with Gasteiger partial charge >= 0.3 is 0 Å². The Hall–Kier alpha value is -1.66. The zero-order valence-corrected chi connectivity index (χ0v) is 11.2. The first-order valence-corrected chi connectivity index (χ1v) is 6.59. The zero-order chi connectivity index (χ0) is 13.7. The van der Waals surface area contributed by atoms with E-state index in [4.69, 9.17) is 5.84 Å². The minimum atomic E-state index is 0.0922. The summed E-state index contributed by atoms with van der Waals surface area (Å²) < 4.78 is 0. The molecule has 1 aliphatic rings. The summed E-state index contributed by atoms with van der Waals surface area (Å²) >= 11 is 0. The number of aromatic nitrogens is 1. The van der Waals surface area contributed by atoms with Crippen LogP contribution in [0.5, 0.6) is 0 Å². The molecule has 19 heavy (non-hydrogen) atoms. The molecule has 4 N–H and O–H groups in total.